The molecule has 0 aromatic rings. The van der Waals surface area contributed by atoms with Gasteiger partial charge in [-0.05, 0) is 39.8 Å². The molecule has 0 heterocycles. The molecule has 0 amide bonds. The summed E-state index contributed by atoms with van der Waals surface area (Å²) in [7, 11) is 4.19. The van der Waals surface area contributed by atoms with E-state index in [0.717, 1.165) is 17.6 Å². The quantitative estimate of drug-likeness (QED) is 0.775. The van der Waals surface area contributed by atoms with Crippen LogP contribution in [0.3, 0.4) is 0 Å². The number of rotatable bonds is 4. The van der Waals surface area contributed by atoms with E-state index in [1.165, 1.54) is 25.7 Å². The molecule has 3 heteroatoms. The van der Waals surface area contributed by atoms with Gasteiger partial charge in [-0.25, -0.2) is 0 Å². The predicted molar refractivity (Wildman–Crippen MR) is 62.7 cm³/mol. The second-order valence-electron chi connectivity index (χ2n) is 4.23. The third-order valence-corrected chi connectivity index (χ3v) is 3.27. The molecule has 0 bridgehead atoms. The zero-order valence-electron chi connectivity index (χ0n) is 9.22. The largest absolute Gasteiger partial charge is 0.317 e. The zero-order chi connectivity index (χ0) is 10.6. The van der Waals surface area contributed by atoms with Crippen LogP contribution in [0.5, 0.6) is 0 Å². The molecule has 0 radical (unpaired) electrons. The van der Waals surface area contributed by atoms with Crippen molar-refractivity contribution in [3.05, 3.63) is 11.6 Å². The van der Waals surface area contributed by atoms with Crippen LogP contribution in [-0.4, -0.2) is 37.6 Å². The number of nitrogens with zero attached hydrogens (tertiary/aromatic N) is 1. The maximum absolute atomic E-state index is 5.80. The van der Waals surface area contributed by atoms with Crippen molar-refractivity contribution >= 4 is 11.6 Å². The van der Waals surface area contributed by atoms with Crippen LogP contribution >= 0.6 is 11.6 Å². The van der Waals surface area contributed by atoms with E-state index in [-0.39, 0.29) is 0 Å². The molecule has 0 spiro atoms. The second-order valence-corrected chi connectivity index (χ2v) is 4.76. The molecule has 82 valence electrons. The molecular weight excluding hydrogens is 196 g/mol. The van der Waals surface area contributed by atoms with E-state index in [1.54, 1.807) is 0 Å². The van der Waals surface area contributed by atoms with Crippen molar-refractivity contribution < 1.29 is 0 Å². The number of halogens is 1. The lowest BCUT2D eigenvalue weighted by Crippen LogP contribution is -2.40. The van der Waals surface area contributed by atoms with Crippen LogP contribution in [0.15, 0.2) is 11.6 Å². The Balaban J connectivity index is 2.30. The molecule has 14 heavy (non-hydrogen) atoms. The maximum atomic E-state index is 5.80. The van der Waals surface area contributed by atoms with E-state index in [0.29, 0.717) is 6.04 Å². The molecule has 2 nitrogen and oxygen atoms in total. The lowest BCUT2D eigenvalue weighted by Gasteiger charge is -2.34. The monoisotopic (exact) mass is 216 g/mol. The van der Waals surface area contributed by atoms with Gasteiger partial charge in [-0.15, -0.1) is 0 Å². The maximum Gasteiger partial charge on any atom is 0.0335 e. The first kappa shape index (κ1) is 12.0. The SMILES string of the molecule is C=C(Cl)CN(C)C1CCC(NC)CC1. The van der Waals surface area contributed by atoms with Crippen LogP contribution < -0.4 is 5.32 Å². The fraction of sp³-hybridized carbons (Fsp3) is 0.818. The number of nitrogens with one attached hydrogen (secondary N) is 1. The van der Waals surface area contributed by atoms with Gasteiger partial charge in [-0.3, -0.25) is 4.90 Å². The smallest absolute Gasteiger partial charge is 0.0335 e. The first-order valence-electron chi connectivity index (χ1n) is 5.34. The van der Waals surface area contributed by atoms with Crippen molar-refractivity contribution in [2.75, 3.05) is 20.6 Å². The molecule has 0 aromatic heterocycles. The Bertz CT molecular complexity index is 186. The van der Waals surface area contributed by atoms with Crippen LogP contribution in [0.2, 0.25) is 0 Å². The van der Waals surface area contributed by atoms with Crippen LogP contribution in [0.4, 0.5) is 0 Å². The van der Waals surface area contributed by atoms with Gasteiger partial charge in [-0.2, -0.15) is 0 Å². The van der Waals surface area contributed by atoms with Gasteiger partial charge < -0.3 is 5.32 Å². The highest BCUT2D eigenvalue weighted by Gasteiger charge is 2.22. The second kappa shape index (κ2) is 5.74. The molecule has 1 N–H and O–H groups in total. The normalized spacial score (nSPS) is 28.0. The lowest BCUT2D eigenvalue weighted by atomic mass is 9.90. The van der Waals surface area contributed by atoms with Gasteiger partial charge in [0.25, 0.3) is 0 Å². The zero-order valence-corrected chi connectivity index (χ0v) is 9.98. The molecule has 0 saturated heterocycles. The van der Waals surface area contributed by atoms with Crippen molar-refractivity contribution in [2.24, 2.45) is 0 Å². The van der Waals surface area contributed by atoms with E-state index < -0.39 is 0 Å². The van der Waals surface area contributed by atoms with Gasteiger partial charge in [-0.1, -0.05) is 18.2 Å². The summed E-state index contributed by atoms with van der Waals surface area (Å²) in [6.45, 7) is 4.55. The molecule has 0 aromatic carbocycles. The minimum Gasteiger partial charge on any atom is -0.317 e. The van der Waals surface area contributed by atoms with Crippen molar-refractivity contribution in [3.8, 4) is 0 Å². The van der Waals surface area contributed by atoms with Gasteiger partial charge in [0.1, 0.15) is 0 Å². The fourth-order valence-corrected chi connectivity index (χ4v) is 2.39. The lowest BCUT2D eigenvalue weighted by molar-refractivity contribution is 0.190. The molecule has 1 aliphatic carbocycles. The highest BCUT2D eigenvalue weighted by Crippen LogP contribution is 2.22. The number of likely N-dealkylation sites (N-methyl/N-ethyl adjacent to an activating group) is 1. The standard InChI is InChI=1S/C11H21ClN2/c1-9(12)8-14(3)11-6-4-10(13-2)5-7-11/h10-11,13H,1,4-8H2,2-3H3. The summed E-state index contributed by atoms with van der Waals surface area (Å²) in [5, 5.41) is 4.08. The minimum absolute atomic E-state index is 0.690. The molecule has 1 fully saturated rings. The van der Waals surface area contributed by atoms with E-state index in [2.05, 4.69) is 30.9 Å². The topological polar surface area (TPSA) is 15.3 Å². The predicted octanol–water partition coefficient (Wildman–Crippen LogP) is 2.20. The summed E-state index contributed by atoms with van der Waals surface area (Å²) >= 11 is 5.80. The Labute approximate surface area is 92.3 Å². The molecule has 0 unspecified atom stereocenters. The van der Waals surface area contributed by atoms with Crippen LogP contribution in [0.1, 0.15) is 25.7 Å². The summed E-state index contributed by atoms with van der Waals surface area (Å²) in [5.41, 5.74) is 0. The van der Waals surface area contributed by atoms with E-state index >= 15 is 0 Å². The van der Waals surface area contributed by atoms with E-state index in [4.69, 9.17) is 11.6 Å². The van der Waals surface area contributed by atoms with Crippen LogP contribution in [0, 0.1) is 0 Å². The Morgan fingerprint density at radius 2 is 2.00 bits per heavy atom. The Kier molecular flexibility index (Phi) is 4.93. The average molecular weight is 217 g/mol. The highest BCUT2D eigenvalue weighted by atomic mass is 35.5. The third kappa shape index (κ3) is 3.60. The van der Waals surface area contributed by atoms with Gasteiger partial charge in [0, 0.05) is 23.7 Å². The van der Waals surface area contributed by atoms with Crippen molar-refractivity contribution in [1.29, 1.82) is 0 Å². The fourth-order valence-electron chi connectivity index (χ4n) is 2.20. The van der Waals surface area contributed by atoms with Crippen molar-refractivity contribution in [2.45, 2.75) is 37.8 Å². The highest BCUT2D eigenvalue weighted by molar-refractivity contribution is 6.29. The van der Waals surface area contributed by atoms with Crippen LogP contribution in [-0.2, 0) is 0 Å². The molecule has 1 rings (SSSR count). The summed E-state index contributed by atoms with van der Waals surface area (Å²) in [5.74, 6) is 0. The van der Waals surface area contributed by atoms with E-state index in [9.17, 15) is 0 Å². The summed E-state index contributed by atoms with van der Waals surface area (Å²) in [4.78, 5) is 2.32. The van der Waals surface area contributed by atoms with E-state index in [1.807, 2.05) is 0 Å². The molecule has 0 aliphatic heterocycles. The summed E-state index contributed by atoms with van der Waals surface area (Å²) in [6.07, 6.45) is 5.10. The molecule has 1 saturated carbocycles. The summed E-state index contributed by atoms with van der Waals surface area (Å²) in [6, 6.07) is 1.41. The Morgan fingerprint density at radius 1 is 1.43 bits per heavy atom. The third-order valence-electron chi connectivity index (χ3n) is 3.15. The first-order chi connectivity index (χ1) is 6.63. The summed E-state index contributed by atoms with van der Waals surface area (Å²) < 4.78 is 0. The number of hydrogen-bond acceptors (Lipinski definition) is 2. The van der Waals surface area contributed by atoms with Crippen molar-refractivity contribution in [3.63, 3.8) is 0 Å². The molecular formula is C11H21ClN2. The number of hydrogen-bond donors (Lipinski definition) is 1. The average Bonchev–Trinajstić information content (AvgIpc) is 2.17. The first-order valence-corrected chi connectivity index (χ1v) is 5.72. The van der Waals surface area contributed by atoms with Gasteiger partial charge in [0.05, 0.1) is 0 Å². The van der Waals surface area contributed by atoms with Gasteiger partial charge >= 0.3 is 0 Å². The van der Waals surface area contributed by atoms with Gasteiger partial charge in [0.2, 0.25) is 0 Å². The molecule has 1 aliphatic rings. The van der Waals surface area contributed by atoms with Gasteiger partial charge in [0.15, 0.2) is 0 Å². The Hall–Kier alpha value is -0.0500. The minimum atomic E-state index is 0.690. The van der Waals surface area contributed by atoms with Crippen LogP contribution in [0.25, 0.3) is 0 Å². The van der Waals surface area contributed by atoms with Crippen molar-refractivity contribution in [1.82, 2.24) is 10.2 Å². The Morgan fingerprint density at radius 3 is 2.43 bits per heavy atom. The molecule has 0 atom stereocenters.